The number of aryl methyl sites for hydroxylation is 1. The van der Waals surface area contributed by atoms with E-state index in [2.05, 4.69) is 0 Å². The maximum atomic E-state index is 10.6. The second-order valence-electron chi connectivity index (χ2n) is 3.54. The van der Waals surface area contributed by atoms with Crippen LogP contribution in [0.15, 0.2) is 12.1 Å². The van der Waals surface area contributed by atoms with Crippen molar-refractivity contribution >= 4 is 11.4 Å². The van der Waals surface area contributed by atoms with Crippen molar-refractivity contribution in [3.8, 4) is 6.07 Å². The molecule has 0 aliphatic carbocycles. The number of nitrogens with zero attached hydrogens (tertiary/aromatic N) is 2. The number of hydrogen-bond acceptors (Lipinski definition) is 6. The summed E-state index contributed by atoms with van der Waals surface area (Å²) < 4.78 is 0. The van der Waals surface area contributed by atoms with Crippen LogP contribution in [0, 0.1) is 28.4 Å². The van der Waals surface area contributed by atoms with Crippen molar-refractivity contribution in [3.63, 3.8) is 0 Å². The van der Waals surface area contributed by atoms with E-state index < -0.39 is 17.1 Å². The average Bonchev–Trinajstić information content (AvgIpc) is 2.30. The average molecular weight is 237 g/mol. The molecule has 2 unspecified atom stereocenters. The molecule has 0 fully saturated rings. The second-order valence-corrected chi connectivity index (χ2v) is 3.54. The largest absolute Gasteiger partial charge is 0.398 e. The molecular weight excluding hydrogens is 226 g/mol. The van der Waals surface area contributed by atoms with E-state index in [1.54, 1.807) is 0 Å². The first-order valence-electron chi connectivity index (χ1n) is 4.68. The van der Waals surface area contributed by atoms with Gasteiger partial charge in [0.25, 0.3) is 5.69 Å². The molecule has 0 spiro atoms. The predicted molar refractivity (Wildman–Crippen MR) is 58.8 cm³/mol. The van der Waals surface area contributed by atoms with Crippen LogP contribution >= 0.6 is 0 Å². The van der Waals surface area contributed by atoms with Crippen molar-refractivity contribution in [2.45, 2.75) is 19.1 Å². The van der Waals surface area contributed by atoms with Gasteiger partial charge in [-0.1, -0.05) is 0 Å². The van der Waals surface area contributed by atoms with Gasteiger partial charge >= 0.3 is 0 Å². The lowest BCUT2D eigenvalue weighted by molar-refractivity contribution is -0.385. The van der Waals surface area contributed by atoms with Crippen LogP contribution in [-0.2, 0) is 0 Å². The highest BCUT2D eigenvalue weighted by molar-refractivity contribution is 5.59. The lowest BCUT2D eigenvalue weighted by Gasteiger charge is -2.15. The number of nitrogen functional groups attached to an aromatic ring is 1. The van der Waals surface area contributed by atoms with Crippen LogP contribution in [0.1, 0.15) is 17.2 Å². The van der Waals surface area contributed by atoms with Gasteiger partial charge in [0.2, 0.25) is 0 Å². The number of aliphatic hydroxyl groups excluding tert-OH is 2. The normalized spacial score (nSPS) is 13.8. The van der Waals surface area contributed by atoms with E-state index >= 15 is 0 Å². The molecule has 4 N–H and O–H groups in total. The summed E-state index contributed by atoms with van der Waals surface area (Å²) in [6.45, 7) is 1.54. The Morgan fingerprint density at radius 3 is 2.59 bits per heavy atom. The first-order valence-corrected chi connectivity index (χ1v) is 4.68. The molecule has 0 bridgehead atoms. The van der Waals surface area contributed by atoms with Gasteiger partial charge in [-0.05, 0) is 12.5 Å². The number of hydrogen-bond donors (Lipinski definition) is 3. The highest BCUT2D eigenvalue weighted by atomic mass is 16.6. The second kappa shape index (κ2) is 4.78. The minimum absolute atomic E-state index is 0.0225. The van der Waals surface area contributed by atoms with E-state index in [4.69, 9.17) is 11.0 Å². The fourth-order valence-electron chi connectivity index (χ4n) is 1.40. The number of rotatable bonds is 3. The van der Waals surface area contributed by atoms with Gasteiger partial charge in [-0.3, -0.25) is 10.1 Å². The van der Waals surface area contributed by atoms with Gasteiger partial charge in [0, 0.05) is 23.4 Å². The van der Waals surface area contributed by atoms with Crippen LogP contribution in [0.4, 0.5) is 11.4 Å². The van der Waals surface area contributed by atoms with Gasteiger partial charge in [0.1, 0.15) is 6.10 Å². The molecule has 1 aromatic carbocycles. The summed E-state index contributed by atoms with van der Waals surface area (Å²) in [6.07, 6.45) is -3.25. The van der Waals surface area contributed by atoms with Crippen LogP contribution in [0.25, 0.3) is 0 Å². The summed E-state index contributed by atoms with van der Waals surface area (Å²) in [7, 11) is 0. The van der Waals surface area contributed by atoms with Gasteiger partial charge in [0.15, 0.2) is 6.10 Å². The Bertz CT molecular complexity index is 495. The molecule has 0 heterocycles. The topological polar surface area (TPSA) is 133 Å². The van der Waals surface area contributed by atoms with Crippen molar-refractivity contribution in [3.05, 3.63) is 33.4 Å². The number of nitro groups is 1. The third-order valence-corrected chi connectivity index (χ3v) is 2.36. The summed E-state index contributed by atoms with van der Waals surface area (Å²) in [6, 6.07) is 3.74. The molecule has 0 radical (unpaired) electrons. The fraction of sp³-hybridized carbons (Fsp3) is 0.300. The van der Waals surface area contributed by atoms with Gasteiger partial charge in [-0.15, -0.1) is 0 Å². The van der Waals surface area contributed by atoms with Crippen LogP contribution < -0.4 is 5.73 Å². The van der Waals surface area contributed by atoms with Crippen molar-refractivity contribution < 1.29 is 15.1 Å². The van der Waals surface area contributed by atoms with E-state index in [9.17, 15) is 20.3 Å². The monoisotopic (exact) mass is 237 g/mol. The van der Waals surface area contributed by atoms with E-state index in [0.717, 1.165) is 6.07 Å². The summed E-state index contributed by atoms with van der Waals surface area (Å²) in [4.78, 5) is 10.00. The Kier molecular flexibility index (Phi) is 3.62. The Balaban J connectivity index is 3.33. The number of benzene rings is 1. The summed E-state index contributed by atoms with van der Waals surface area (Å²) in [5.74, 6) is 0. The van der Waals surface area contributed by atoms with E-state index in [0.29, 0.717) is 5.56 Å². The third kappa shape index (κ3) is 2.50. The molecule has 2 atom stereocenters. The molecule has 7 nitrogen and oxygen atoms in total. The van der Waals surface area contributed by atoms with Gasteiger partial charge in [-0.2, -0.15) is 5.26 Å². The molecule has 0 aliphatic heterocycles. The summed E-state index contributed by atoms with van der Waals surface area (Å²) >= 11 is 0. The minimum atomic E-state index is -1.68. The van der Waals surface area contributed by atoms with E-state index in [1.807, 2.05) is 0 Å². The first-order chi connectivity index (χ1) is 7.88. The number of nitriles is 1. The minimum Gasteiger partial charge on any atom is -0.398 e. The molecule has 0 aliphatic rings. The maximum Gasteiger partial charge on any atom is 0.270 e. The molecule has 17 heavy (non-hydrogen) atoms. The van der Waals surface area contributed by atoms with E-state index in [-0.39, 0.29) is 16.9 Å². The molecule has 1 aromatic rings. The summed E-state index contributed by atoms with van der Waals surface area (Å²) in [5, 5.41) is 37.9. The Morgan fingerprint density at radius 1 is 1.53 bits per heavy atom. The SMILES string of the molecule is Cc1cc([N+](=O)[O-])cc(C(O)C(O)C#N)c1N. The highest BCUT2D eigenvalue weighted by Gasteiger charge is 2.23. The molecule has 0 aromatic heterocycles. The van der Waals surface area contributed by atoms with Crippen LogP contribution in [0.2, 0.25) is 0 Å². The number of non-ortho nitro benzene ring substituents is 1. The standard InChI is InChI=1S/C10H11N3O4/c1-5-2-6(13(16)17)3-7(9(5)12)10(15)8(14)4-11/h2-3,8,10,14-15H,12H2,1H3. The molecule has 0 saturated carbocycles. The third-order valence-electron chi connectivity index (χ3n) is 2.36. The van der Waals surface area contributed by atoms with Crippen LogP contribution in [0.5, 0.6) is 0 Å². The zero-order valence-electron chi connectivity index (χ0n) is 8.99. The Hall–Kier alpha value is -2.17. The van der Waals surface area contributed by atoms with E-state index in [1.165, 1.54) is 19.1 Å². The molecule has 0 saturated heterocycles. The van der Waals surface area contributed by atoms with Crippen molar-refractivity contribution in [1.29, 1.82) is 5.26 Å². The highest BCUT2D eigenvalue weighted by Crippen LogP contribution is 2.30. The lowest BCUT2D eigenvalue weighted by Crippen LogP contribution is -2.18. The molecule has 7 heteroatoms. The van der Waals surface area contributed by atoms with Gasteiger partial charge < -0.3 is 15.9 Å². The molecule has 0 amide bonds. The van der Waals surface area contributed by atoms with Crippen LogP contribution in [-0.4, -0.2) is 21.2 Å². The van der Waals surface area contributed by atoms with Gasteiger partial charge in [0.05, 0.1) is 11.0 Å². The van der Waals surface area contributed by atoms with Crippen molar-refractivity contribution in [1.82, 2.24) is 0 Å². The predicted octanol–water partition coefficient (Wildman–Crippen LogP) is 0.403. The first kappa shape index (κ1) is 12.9. The number of aliphatic hydroxyl groups is 2. The smallest absolute Gasteiger partial charge is 0.270 e. The molecular formula is C10H11N3O4. The number of anilines is 1. The molecule has 1 rings (SSSR count). The lowest BCUT2D eigenvalue weighted by atomic mass is 9.99. The Labute approximate surface area is 96.9 Å². The quantitative estimate of drug-likeness (QED) is 0.301. The molecule has 90 valence electrons. The number of nitrogens with two attached hydrogens (primary N) is 1. The van der Waals surface area contributed by atoms with Crippen molar-refractivity contribution in [2.24, 2.45) is 0 Å². The Morgan fingerprint density at radius 2 is 2.12 bits per heavy atom. The fourth-order valence-corrected chi connectivity index (χ4v) is 1.40. The van der Waals surface area contributed by atoms with Crippen LogP contribution in [0.3, 0.4) is 0 Å². The maximum absolute atomic E-state index is 10.6. The number of nitro benzene ring substituents is 1. The zero-order valence-corrected chi connectivity index (χ0v) is 8.99. The van der Waals surface area contributed by atoms with Crippen molar-refractivity contribution in [2.75, 3.05) is 5.73 Å². The summed E-state index contributed by atoms with van der Waals surface area (Å²) in [5.41, 5.74) is 5.89. The van der Waals surface area contributed by atoms with Gasteiger partial charge in [-0.25, -0.2) is 0 Å². The zero-order chi connectivity index (χ0) is 13.2.